The number of carbonyl (C=O) groups excluding carboxylic acids is 2. The van der Waals surface area contributed by atoms with Crippen molar-refractivity contribution in [2.45, 2.75) is 51.4 Å². The molecule has 4 N–H and O–H groups in total. The van der Waals surface area contributed by atoms with E-state index in [1.807, 2.05) is 26.8 Å². The van der Waals surface area contributed by atoms with Crippen LogP contribution < -0.4 is 15.8 Å². The first kappa shape index (κ1) is 28.9. The third-order valence-electron chi connectivity index (χ3n) is 6.21. The largest absolute Gasteiger partial charge is 0.395 e. The van der Waals surface area contributed by atoms with Gasteiger partial charge in [-0.25, -0.2) is 13.4 Å². The van der Waals surface area contributed by atoms with Crippen LogP contribution in [0.15, 0.2) is 40.0 Å². The maximum Gasteiger partial charge on any atom is 0.276 e. The second-order valence-electron chi connectivity index (χ2n) is 9.51. The molecule has 210 valence electrons. The Hall–Kier alpha value is -3.10. The summed E-state index contributed by atoms with van der Waals surface area (Å²) in [6.45, 7) is 6.19. The zero-order valence-corrected chi connectivity index (χ0v) is 24.6. The Morgan fingerprint density at radius 2 is 2.08 bits per heavy atom. The van der Waals surface area contributed by atoms with E-state index in [4.69, 9.17) is 10.6 Å². The lowest BCUT2D eigenvalue weighted by Crippen LogP contribution is -2.70. The highest BCUT2D eigenvalue weighted by Crippen LogP contribution is 2.41. The molecule has 2 aliphatic rings. The highest BCUT2D eigenvalue weighted by molar-refractivity contribution is 8.00. The number of aromatic nitrogens is 1. The SMILES string of the molecule is CCCCON=C(C(=O)NC1C(=O)N2C(C)=C(Cc3cc(C)cc(NS(C)(=O)=O)c3)CSC12)c1csc(N)n1. The summed E-state index contributed by atoms with van der Waals surface area (Å²) in [4.78, 5) is 37.5. The zero-order valence-electron chi connectivity index (χ0n) is 22.2. The van der Waals surface area contributed by atoms with Crippen LogP contribution in [0.3, 0.4) is 0 Å². The Labute approximate surface area is 236 Å². The molecule has 1 fully saturated rings. The summed E-state index contributed by atoms with van der Waals surface area (Å²) < 4.78 is 25.9. The Morgan fingerprint density at radius 1 is 1.31 bits per heavy atom. The van der Waals surface area contributed by atoms with Gasteiger partial charge in [-0.1, -0.05) is 24.6 Å². The fraction of sp³-hybridized carbons (Fsp3) is 0.440. The number of thioether (sulfide) groups is 1. The minimum atomic E-state index is -3.40. The molecule has 0 saturated carbocycles. The van der Waals surface area contributed by atoms with E-state index in [0.717, 1.165) is 41.5 Å². The molecule has 14 heteroatoms. The van der Waals surface area contributed by atoms with Crippen LogP contribution in [0.2, 0.25) is 0 Å². The van der Waals surface area contributed by atoms with E-state index in [0.29, 0.717) is 35.3 Å². The number of hydrogen-bond donors (Lipinski definition) is 3. The van der Waals surface area contributed by atoms with Crippen LogP contribution in [0.1, 0.15) is 43.5 Å². The molecule has 0 radical (unpaired) electrons. The number of anilines is 2. The molecule has 11 nitrogen and oxygen atoms in total. The number of benzene rings is 1. The number of nitrogens with one attached hydrogen (secondary N) is 2. The van der Waals surface area contributed by atoms with Gasteiger partial charge < -0.3 is 15.9 Å². The Morgan fingerprint density at radius 3 is 2.74 bits per heavy atom. The van der Waals surface area contributed by atoms with Gasteiger partial charge in [0.15, 0.2) is 10.8 Å². The number of carbonyl (C=O) groups is 2. The molecule has 0 bridgehead atoms. The van der Waals surface area contributed by atoms with Gasteiger partial charge >= 0.3 is 0 Å². The molecule has 4 rings (SSSR count). The second kappa shape index (κ2) is 12.0. The number of rotatable bonds is 11. The summed E-state index contributed by atoms with van der Waals surface area (Å²) in [5.74, 6) is -0.0872. The minimum Gasteiger partial charge on any atom is -0.395 e. The Kier molecular flexibility index (Phi) is 8.86. The van der Waals surface area contributed by atoms with Crippen molar-refractivity contribution in [1.29, 1.82) is 0 Å². The molecular formula is C25H32N6O5S3. The first-order chi connectivity index (χ1) is 18.5. The number of sulfonamides is 1. The Bertz CT molecular complexity index is 1440. The molecule has 1 aromatic heterocycles. The molecule has 0 spiro atoms. The topological polar surface area (TPSA) is 156 Å². The quantitative estimate of drug-likeness (QED) is 0.156. The number of aryl methyl sites for hydroxylation is 1. The first-order valence-corrected chi connectivity index (χ1v) is 16.2. The number of β-lactam (4-membered cyclic amide) rings is 1. The van der Waals surface area contributed by atoms with Gasteiger partial charge in [0.25, 0.3) is 11.8 Å². The third-order valence-corrected chi connectivity index (χ3v) is 8.83. The highest BCUT2D eigenvalue weighted by atomic mass is 32.2. The van der Waals surface area contributed by atoms with Crippen LogP contribution in [0.5, 0.6) is 0 Å². The minimum absolute atomic E-state index is 0.0166. The molecular weight excluding hydrogens is 561 g/mol. The summed E-state index contributed by atoms with van der Waals surface area (Å²) in [6, 6.07) is 4.87. The fourth-order valence-corrected chi connectivity index (χ4v) is 6.94. The van der Waals surface area contributed by atoms with Crippen molar-refractivity contribution in [3.63, 3.8) is 0 Å². The second-order valence-corrected chi connectivity index (χ2v) is 13.2. The van der Waals surface area contributed by atoms with Gasteiger partial charge in [-0.3, -0.25) is 19.2 Å². The average molecular weight is 593 g/mol. The van der Waals surface area contributed by atoms with Gasteiger partial charge in [0.05, 0.1) is 6.26 Å². The molecule has 2 aliphatic heterocycles. The lowest BCUT2D eigenvalue weighted by atomic mass is 9.98. The van der Waals surface area contributed by atoms with E-state index in [1.54, 1.807) is 34.2 Å². The maximum absolute atomic E-state index is 13.2. The van der Waals surface area contributed by atoms with Crippen molar-refractivity contribution in [3.05, 3.63) is 51.7 Å². The number of oxime groups is 1. The lowest BCUT2D eigenvalue weighted by molar-refractivity contribution is -0.145. The van der Waals surface area contributed by atoms with Gasteiger partial charge in [0.2, 0.25) is 10.0 Å². The number of amides is 2. The van der Waals surface area contributed by atoms with Crippen molar-refractivity contribution < 1.29 is 22.8 Å². The summed E-state index contributed by atoms with van der Waals surface area (Å²) in [7, 11) is -3.40. The first-order valence-electron chi connectivity index (χ1n) is 12.4. The van der Waals surface area contributed by atoms with Crippen molar-refractivity contribution in [3.8, 4) is 0 Å². The van der Waals surface area contributed by atoms with Gasteiger partial charge in [-0.05, 0) is 55.5 Å². The number of fused-ring (bicyclic) bond motifs is 1. The zero-order chi connectivity index (χ0) is 28.3. The molecule has 1 saturated heterocycles. The van der Waals surface area contributed by atoms with Crippen molar-refractivity contribution in [2.24, 2.45) is 5.16 Å². The van der Waals surface area contributed by atoms with Crippen LogP contribution in [-0.4, -0.2) is 65.9 Å². The maximum atomic E-state index is 13.2. The van der Waals surface area contributed by atoms with Crippen LogP contribution in [-0.2, 0) is 30.9 Å². The fourth-order valence-electron chi connectivity index (χ4n) is 4.38. The van der Waals surface area contributed by atoms with Crippen molar-refractivity contribution >= 4 is 61.5 Å². The van der Waals surface area contributed by atoms with Crippen molar-refractivity contribution in [1.82, 2.24) is 15.2 Å². The molecule has 3 heterocycles. The molecule has 1 aromatic carbocycles. The molecule has 2 atom stereocenters. The Balaban J connectivity index is 1.46. The normalized spacial score (nSPS) is 19.4. The standard InChI is InChI=1S/C25H32N6O5S3/c1-5-6-7-36-29-20(19-13-38-25(26)27-19)22(32)28-21-23(33)31-15(3)17(12-37-24(21)31)10-16-8-14(2)9-18(11-16)30-39(4,34)35/h8-9,11,13,21,24,30H,5-7,10,12H2,1-4H3,(H2,26,27)(H,28,32). The van der Waals surface area contributed by atoms with Gasteiger partial charge in [0.1, 0.15) is 23.7 Å². The molecule has 39 heavy (non-hydrogen) atoms. The van der Waals surface area contributed by atoms with Crippen LogP contribution in [0.25, 0.3) is 0 Å². The number of nitrogen functional groups attached to an aromatic ring is 1. The number of hydrogen-bond acceptors (Lipinski definition) is 10. The van der Waals surface area contributed by atoms with Crippen LogP contribution in [0, 0.1) is 6.92 Å². The molecule has 2 aromatic rings. The number of unbranched alkanes of at least 4 members (excludes halogenated alkanes) is 1. The molecule has 2 unspecified atom stereocenters. The van der Waals surface area contributed by atoms with E-state index in [1.165, 1.54) is 11.3 Å². The monoisotopic (exact) mass is 592 g/mol. The highest BCUT2D eigenvalue weighted by Gasteiger charge is 2.51. The van der Waals surface area contributed by atoms with Gasteiger partial charge in [-0.15, -0.1) is 23.1 Å². The predicted molar refractivity (Wildman–Crippen MR) is 155 cm³/mol. The smallest absolute Gasteiger partial charge is 0.276 e. The van der Waals surface area contributed by atoms with Gasteiger partial charge in [-0.2, -0.15) is 0 Å². The van der Waals surface area contributed by atoms with E-state index in [2.05, 4.69) is 20.2 Å². The lowest BCUT2D eigenvalue weighted by Gasteiger charge is -2.50. The number of thiazole rings is 1. The third kappa shape index (κ3) is 6.92. The van der Waals surface area contributed by atoms with E-state index >= 15 is 0 Å². The number of nitrogens with zero attached hydrogens (tertiary/aromatic N) is 3. The van der Waals surface area contributed by atoms with E-state index in [9.17, 15) is 18.0 Å². The molecule has 0 aliphatic carbocycles. The van der Waals surface area contributed by atoms with Crippen LogP contribution in [0.4, 0.5) is 10.8 Å². The van der Waals surface area contributed by atoms with E-state index < -0.39 is 22.0 Å². The van der Waals surface area contributed by atoms with E-state index in [-0.39, 0.29) is 17.0 Å². The summed E-state index contributed by atoms with van der Waals surface area (Å²) in [6.07, 6.45) is 3.40. The van der Waals surface area contributed by atoms with Gasteiger partial charge in [0, 0.05) is 22.5 Å². The predicted octanol–water partition coefficient (Wildman–Crippen LogP) is 2.84. The van der Waals surface area contributed by atoms with Crippen LogP contribution >= 0.6 is 23.1 Å². The summed E-state index contributed by atoms with van der Waals surface area (Å²) >= 11 is 2.76. The average Bonchev–Trinajstić information content (AvgIpc) is 3.27. The molecule has 2 amide bonds. The number of allylic oxidation sites excluding steroid dienone is 1. The summed E-state index contributed by atoms with van der Waals surface area (Å²) in [5.41, 5.74) is 10.3. The number of nitrogens with two attached hydrogens (primary N) is 1. The van der Waals surface area contributed by atoms with Crippen molar-refractivity contribution in [2.75, 3.05) is 29.1 Å². The summed E-state index contributed by atoms with van der Waals surface area (Å²) in [5, 5.41) is 8.50.